The second-order valence-electron chi connectivity index (χ2n) is 1.97. The van der Waals surface area contributed by atoms with Crippen molar-refractivity contribution in [1.29, 1.82) is 0 Å². The van der Waals surface area contributed by atoms with Crippen molar-refractivity contribution in [1.82, 2.24) is 0 Å². The summed E-state index contributed by atoms with van der Waals surface area (Å²) in [6.45, 7) is 2.88. The normalized spacial score (nSPS) is 12.2. The van der Waals surface area contributed by atoms with Gasteiger partial charge in [-0.2, -0.15) is 0 Å². The molecule has 5 nitrogen and oxygen atoms in total. The van der Waals surface area contributed by atoms with Gasteiger partial charge in [-0.1, -0.05) is 0 Å². The molecular formula is C5H10N3O2+. The molecule has 0 unspecified atom stereocenters. The van der Waals surface area contributed by atoms with Crippen LogP contribution in [0.3, 0.4) is 0 Å². The maximum absolute atomic E-state index is 10.1. The van der Waals surface area contributed by atoms with Crippen LogP contribution < -0.4 is 11.1 Å². The zero-order valence-electron chi connectivity index (χ0n) is 5.92. The number of allylic oxidation sites excluding steroid dienone is 2. The first kappa shape index (κ1) is 8.61. The molecule has 4 N–H and O–H groups in total. The minimum atomic E-state index is -0.593. The molecule has 0 heterocycles. The largest absolute Gasteiger partial charge is 0.397 e. The third kappa shape index (κ3) is 1.85. The summed E-state index contributed by atoms with van der Waals surface area (Å²) in [4.78, 5) is 9.56. The van der Waals surface area contributed by atoms with Crippen molar-refractivity contribution >= 4 is 5.71 Å². The zero-order chi connectivity index (χ0) is 8.31. The Balaban J connectivity index is 4.79. The molecule has 5 heteroatoms. The molecule has 56 valence electrons. The van der Waals surface area contributed by atoms with Crippen LogP contribution in [0.5, 0.6) is 0 Å². The van der Waals surface area contributed by atoms with Gasteiger partial charge in [-0.05, 0) is 6.92 Å². The summed E-state index contributed by atoms with van der Waals surface area (Å²) >= 11 is 0. The third-order valence-corrected chi connectivity index (χ3v) is 0.930. The van der Waals surface area contributed by atoms with Crippen molar-refractivity contribution < 1.29 is 10.3 Å². The second-order valence-corrected chi connectivity index (χ2v) is 1.97. The van der Waals surface area contributed by atoms with Crippen molar-refractivity contribution in [2.45, 2.75) is 13.8 Å². The zero-order valence-corrected chi connectivity index (χ0v) is 5.92. The number of hydrogen-bond donors (Lipinski definition) is 2. The summed E-state index contributed by atoms with van der Waals surface area (Å²) in [5.41, 5.74) is 5.24. The van der Waals surface area contributed by atoms with Crippen LogP contribution in [-0.4, -0.2) is 10.6 Å². The first-order valence-electron chi connectivity index (χ1n) is 2.67. The van der Waals surface area contributed by atoms with Gasteiger partial charge in [0.05, 0.1) is 10.6 Å². The first-order chi connectivity index (χ1) is 4.46. The Hall–Kier alpha value is -1.39. The molecule has 0 aliphatic carbocycles. The van der Waals surface area contributed by atoms with Crippen LogP contribution in [-0.2, 0) is 0 Å². The maximum atomic E-state index is 10.1. The van der Waals surface area contributed by atoms with Crippen LogP contribution in [0, 0.1) is 10.1 Å². The average molecular weight is 144 g/mol. The van der Waals surface area contributed by atoms with Gasteiger partial charge in [-0.15, -0.1) is 0 Å². The van der Waals surface area contributed by atoms with E-state index in [4.69, 9.17) is 11.1 Å². The summed E-state index contributed by atoms with van der Waals surface area (Å²) in [7, 11) is 0. The first-order valence-corrected chi connectivity index (χ1v) is 2.67. The maximum Gasteiger partial charge on any atom is 0.352 e. The Kier molecular flexibility index (Phi) is 2.54. The topological polar surface area (TPSA) is 94.8 Å². The Labute approximate surface area is 58.2 Å². The van der Waals surface area contributed by atoms with Gasteiger partial charge in [0, 0.05) is 6.92 Å². The molecule has 0 atom stereocenters. The van der Waals surface area contributed by atoms with E-state index in [0.717, 1.165) is 0 Å². The van der Waals surface area contributed by atoms with Gasteiger partial charge in [-0.3, -0.25) is 15.5 Å². The molecule has 0 aliphatic heterocycles. The van der Waals surface area contributed by atoms with E-state index in [1.54, 1.807) is 0 Å². The predicted molar refractivity (Wildman–Crippen MR) is 36.5 cm³/mol. The van der Waals surface area contributed by atoms with E-state index in [1.165, 1.54) is 13.8 Å². The molecule has 0 rings (SSSR count). The van der Waals surface area contributed by atoms with Crippen molar-refractivity contribution in [3.8, 4) is 0 Å². The Morgan fingerprint density at radius 2 is 2.00 bits per heavy atom. The number of nitro groups is 1. The fourth-order valence-corrected chi connectivity index (χ4v) is 0.599. The standard InChI is InChI=1S/C5H9N3O2/c1-3(6)5(4(2)7)8(9)10/h6H,7H2,1-2H3/p+1/b5-4+,6-3?. The molecule has 0 aromatic rings. The molecule has 0 bridgehead atoms. The van der Waals surface area contributed by atoms with Crippen molar-refractivity contribution in [2.75, 3.05) is 0 Å². The van der Waals surface area contributed by atoms with Crippen LogP contribution in [0.4, 0.5) is 0 Å². The number of nitrogens with zero attached hydrogens (tertiary/aromatic N) is 1. The van der Waals surface area contributed by atoms with Gasteiger partial charge in [0.25, 0.3) is 0 Å². The fraction of sp³-hybridized carbons (Fsp3) is 0.400. The summed E-state index contributed by atoms with van der Waals surface area (Å²) in [6.07, 6.45) is 0. The lowest BCUT2D eigenvalue weighted by atomic mass is 10.2. The van der Waals surface area contributed by atoms with Crippen LogP contribution in [0.25, 0.3) is 0 Å². The fourth-order valence-electron chi connectivity index (χ4n) is 0.599. The minimum Gasteiger partial charge on any atom is -0.397 e. The van der Waals surface area contributed by atoms with E-state index in [0.29, 0.717) is 0 Å². The lowest BCUT2D eigenvalue weighted by Gasteiger charge is -1.92. The summed E-state index contributed by atoms with van der Waals surface area (Å²) in [6, 6.07) is 0. The molecule has 0 aliphatic rings. The third-order valence-electron chi connectivity index (χ3n) is 0.930. The Morgan fingerprint density at radius 3 is 2.00 bits per heavy atom. The molecular weight excluding hydrogens is 134 g/mol. The van der Waals surface area contributed by atoms with Crippen LogP contribution in [0.1, 0.15) is 13.8 Å². The molecule has 0 saturated heterocycles. The van der Waals surface area contributed by atoms with Crippen LogP contribution in [0.2, 0.25) is 0 Å². The summed E-state index contributed by atoms with van der Waals surface area (Å²) in [5, 5.41) is 15.3. The highest BCUT2D eigenvalue weighted by molar-refractivity contribution is 5.91. The van der Waals surface area contributed by atoms with Gasteiger partial charge in [0.15, 0.2) is 0 Å². The quantitative estimate of drug-likeness (QED) is 0.285. The number of rotatable bonds is 2. The van der Waals surface area contributed by atoms with E-state index >= 15 is 0 Å². The second kappa shape index (κ2) is 2.95. The van der Waals surface area contributed by atoms with Crippen molar-refractivity contribution in [2.24, 2.45) is 5.73 Å². The van der Waals surface area contributed by atoms with Gasteiger partial charge in [0.2, 0.25) is 5.71 Å². The van der Waals surface area contributed by atoms with Gasteiger partial charge >= 0.3 is 5.70 Å². The molecule has 0 spiro atoms. The van der Waals surface area contributed by atoms with Crippen molar-refractivity contribution in [3.05, 3.63) is 21.5 Å². The lowest BCUT2D eigenvalue weighted by molar-refractivity contribution is -0.419. The predicted octanol–water partition coefficient (Wildman–Crippen LogP) is -1.33. The highest BCUT2D eigenvalue weighted by Gasteiger charge is 2.20. The van der Waals surface area contributed by atoms with Gasteiger partial charge < -0.3 is 5.73 Å². The molecule has 10 heavy (non-hydrogen) atoms. The monoisotopic (exact) mass is 144 g/mol. The minimum absolute atomic E-state index is 0.130. The molecule has 0 radical (unpaired) electrons. The molecule has 0 fully saturated rings. The SMILES string of the molecule is CC(=[NH2+])/C(=C(/C)N)[N+](=O)[O-]. The van der Waals surface area contributed by atoms with E-state index in [-0.39, 0.29) is 17.1 Å². The van der Waals surface area contributed by atoms with Gasteiger partial charge in [0.1, 0.15) is 0 Å². The van der Waals surface area contributed by atoms with Crippen LogP contribution >= 0.6 is 0 Å². The number of hydrogen-bond acceptors (Lipinski definition) is 3. The molecule has 0 aromatic carbocycles. The molecule has 0 saturated carbocycles. The van der Waals surface area contributed by atoms with E-state index in [9.17, 15) is 10.1 Å². The van der Waals surface area contributed by atoms with Gasteiger partial charge in [-0.25, -0.2) is 0 Å². The summed E-state index contributed by atoms with van der Waals surface area (Å²) < 4.78 is 0. The summed E-state index contributed by atoms with van der Waals surface area (Å²) in [5.74, 6) is 0. The lowest BCUT2D eigenvalue weighted by Crippen LogP contribution is -2.41. The molecule has 0 aromatic heterocycles. The smallest absolute Gasteiger partial charge is 0.352 e. The Bertz CT molecular complexity index is 187. The van der Waals surface area contributed by atoms with E-state index in [1.807, 2.05) is 0 Å². The number of nitrogens with two attached hydrogens (primary N) is 2. The van der Waals surface area contributed by atoms with Crippen molar-refractivity contribution in [3.63, 3.8) is 0 Å². The Morgan fingerprint density at radius 1 is 1.60 bits per heavy atom. The average Bonchev–Trinajstić information content (AvgIpc) is 1.59. The van der Waals surface area contributed by atoms with Crippen LogP contribution in [0.15, 0.2) is 11.4 Å². The van der Waals surface area contributed by atoms with E-state index < -0.39 is 4.92 Å². The van der Waals surface area contributed by atoms with E-state index in [2.05, 4.69) is 0 Å². The molecule has 0 amide bonds. The highest BCUT2D eigenvalue weighted by Crippen LogP contribution is 1.98. The highest BCUT2D eigenvalue weighted by atomic mass is 16.6.